The molecule has 2 amide bonds. The van der Waals surface area contributed by atoms with Crippen LogP contribution in [-0.4, -0.2) is 106 Å². The molecule has 4 heterocycles. The van der Waals surface area contributed by atoms with Gasteiger partial charge in [0.1, 0.15) is 17.4 Å². The van der Waals surface area contributed by atoms with E-state index in [0.717, 1.165) is 59.6 Å². The van der Waals surface area contributed by atoms with Gasteiger partial charge < -0.3 is 19.3 Å². The molecular weight excluding hydrogens is 522 g/mol. The smallest absolute Gasteiger partial charge is 0.411 e. The lowest BCUT2D eigenvalue weighted by molar-refractivity contribution is -0.134. The summed E-state index contributed by atoms with van der Waals surface area (Å²) in [5.74, 6) is 2.58. The van der Waals surface area contributed by atoms with Gasteiger partial charge in [-0.15, -0.1) is 11.8 Å². The van der Waals surface area contributed by atoms with E-state index < -0.39 is 11.6 Å². The number of nitrogens with zero attached hydrogens (tertiary/aromatic N) is 5. The fraction of sp³-hybridized carbons (Fsp3) is 0.667. The first kappa shape index (κ1) is 27.3. The normalized spacial score (nSPS) is 23.1. The third-order valence-corrected chi connectivity index (χ3v) is 9.12. The Morgan fingerprint density at radius 2 is 1.87 bits per heavy atom. The number of thioether (sulfide) groups is 1. The second-order valence-electron chi connectivity index (χ2n) is 11.5. The van der Waals surface area contributed by atoms with Gasteiger partial charge in [0.05, 0.1) is 22.2 Å². The molecule has 3 aliphatic rings. The highest BCUT2D eigenvalue weighted by Gasteiger charge is 2.45. The predicted octanol–water partition coefficient (Wildman–Crippen LogP) is 4.12. The number of thiazole rings is 1. The Kier molecular flexibility index (Phi) is 7.98. The Hall–Kier alpha value is -2.24. The standard InChI is InChI=1S/C27H39N5O4S2/c1-18(2)35-20-6-7-21-23(15-20)38-25(28-21)30-10-8-29(9-11-30)19-14-22(24(33)31-12-13-37-17-31)32(16-19)26(34)36-27(3,4)5/h6-7,15,18-19,22H,8-14,16-17H2,1-5H3/t19-,22-/m0/s1. The molecule has 5 rings (SSSR count). The zero-order chi connectivity index (χ0) is 27.0. The molecular formula is C27H39N5O4S2. The summed E-state index contributed by atoms with van der Waals surface area (Å²) < 4.78 is 12.7. The van der Waals surface area contributed by atoms with Crippen LogP contribution in [0, 0.1) is 0 Å². The van der Waals surface area contributed by atoms with Crippen LogP contribution in [0.3, 0.4) is 0 Å². The lowest BCUT2D eigenvalue weighted by Gasteiger charge is -2.37. The molecule has 0 aliphatic carbocycles. The summed E-state index contributed by atoms with van der Waals surface area (Å²) in [7, 11) is 0. The molecule has 0 unspecified atom stereocenters. The van der Waals surface area contributed by atoms with Crippen LogP contribution in [0.4, 0.5) is 9.93 Å². The molecule has 208 valence electrons. The van der Waals surface area contributed by atoms with Crippen molar-refractivity contribution in [1.29, 1.82) is 0 Å². The highest BCUT2D eigenvalue weighted by atomic mass is 32.2. The molecule has 3 saturated heterocycles. The van der Waals surface area contributed by atoms with E-state index in [9.17, 15) is 9.59 Å². The van der Waals surface area contributed by atoms with Crippen molar-refractivity contribution in [3.05, 3.63) is 18.2 Å². The van der Waals surface area contributed by atoms with E-state index in [1.165, 1.54) is 0 Å². The minimum absolute atomic E-state index is 0.0530. The van der Waals surface area contributed by atoms with Crippen LogP contribution in [0.1, 0.15) is 41.0 Å². The van der Waals surface area contributed by atoms with E-state index >= 15 is 0 Å². The average Bonchev–Trinajstić information content (AvgIpc) is 3.61. The third kappa shape index (κ3) is 6.15. The maximum atomic E-state index is 13.4. The highest BCUT2D eigenvalue weighted by Crippen LogP contribution is 2.33. The Morgan fingerprint density at radius 1 is 1.11 bits per heavy atom. The zero-order valence-corrected chi connectivity index (χ0v) is 24.6. The summed E-state index contributed by atoms with van der Waals surface area (Å²) in [4.78, 5) is 39.7. The van der Waals surface area contributed by atoms with Gasteiger partial charge in [0, 0.05) is 51.1 Å². The van der Waals surface area contributed by atoms with Gasteiger partial charge >= 0.3 is 6.09 Å². The molecule has 0 saturated carbocycles. The number of likely N-dealkylation sites (tertiary alicyclic amines) is 1. The van der Waals surface area contributed by atoms with Crippen molar-refractivity contribution in [2.45, 2.75) is 64.8 Å². The number of hydrogen-bond acceptors (Lipinski definition) is 9. The topological polar surface area (TPSA) is 78.5 Å². The predicted molar refractivity (Wildman–Crippen MR) is 153 cm³/mol. The summed E-state index contributed by atoms with van der Waals surface area (Å²) in [6.07, 6.45) is 0.400. The number of amides is 2. The van der Waals surface area contributed by atoms with Crippen LogP contribution < -0.4 is 9.64 Å². The monoisotopic (exact) mass is 561 g/mol. The Morgan fingerprint density at radius 3 is 2.53 bits per heavy atom. The summed E-state index contributed by atoms with van der Waals surface area (Å²) in [5, 5.41) is 1.03. The maximum Gasteiger partial charge on any atom is 0.411 e. The van der Waals surface area contributed by atoms with E-state index in [1.54, 1.807) is 28.0 Å². The van der Waals surface area contributed by atoms with Crippen molar-refractivity contribution in [2.24, 2.45) is 0 Å². The van der Waals surface area contributed by atoms with Gasteiger partial charge in [-0.2, -0.15) is 0 Å². The molecule has 1 aromatic carbocycles. The van der Waals surface area contributed by atoms with E-state index in [2.05, 4.69) is 15.9 Å². The Labute approximate surface area is 233 Å². The number of fused-ring (bicyclic) bond motifs is 1. The molecule has 2 atom stereocenters. The molecule has 0 spiro atoms. The molecule has 0 N–H and O–H groups in total. The number of piperazine rings is 1. The van der Waals surface area contributed by atoms with Crippen LogP contribution in [0.15, 0.2) is 18.2 Å². The minimum Gasteiger partial charge on any atom is -0.491 e. The second-order valence-corrected chi connectivity index (χ2v) is 13.6. The number of hydrogen-bond donors (Lipinski definition) is 0. The van der Waals surface area contributed by atoms with Crippen molar-refractivity contribution >= 4 is 50.4 Å². The number of aromatic nitrogens is 1. The van der Waals surface area contributed by atoms with Gasteiger partial charge in [-0.25, -0.2) is 9.78 Å². The molecule has 38 heavy (non-hydrogen) atoms. The largest absolute Gasteiger partial charge is 0.491 e. The van der Waals surface area contributed by atoms with Gasteiger partial charge in [-0.1, -0.05) is 11.3 Å². The van der Waals surface area contributed by atoms with Crippen molar-refractivity contribution in [2.75, 3.05) is 55.8 Å². The van der Waals surface area contributed by atoms with Crippen LogP contribution in [0.5, 0.6) is 5.75 Å². The van der Waals surface area contributed by atoms with Gasteiger partial charge in [0.25, 0.3) is 0 Å². The van der Waals surface area contributed by atoms with E-state index in [0.29, 0.717) is 18.8 Å². The van der Waals surface area contributed by atoms with Crippen molar-refractivity contribution in [3.63, 3.8) is 0 Å². The van der Waals surface area contributed by atoms with E-state index in [4.69, 9.17) is 14.5 Å². The van der Waals surface area contributed by atoms with E-state index in [-0.39, 0.29) is 24.1 Å². The summed E-state index contributed by atoms with van der Waals surface area (Å²) in [6.45, 7) is 14.4. The van der Waals surface area contributed by atoms with Crippen molar-refractivity contribution in [3.8, 4) is 5.75 Å². The van der Waals surface area contributed by atoms with Crippen LogP contribution in [0.2, 0.25) is 0 Å². The van der Waals surface area contributed by atoms with Crippen LogP contribution >= 0.6 is 23.1 Å². The lowest BCUT2D eigenvalue weighted by atomic mass is 10.1. The molecule has 3 aliphatic heterocycles. The van der Waals surface area contributed by atoms with Gasteiger partial charge in [0.2, 0.25) is 5.91 Å². The first-order chi connectivity index (χ1) is 18.1. The molecule has 2 aromatic rings. The fourth-order valence-electron chi connectivity index (χ4n) is 5.29. The number of rotatable bonds is 5. The molecule has 0 bridgehead atoms. The number of carbonyl (C=O) groups is 2. The second kappa shape index (κ2) is 11.1. The average molecular weight is 562 g/mol. The molecule has 3 fully saturated rings. The molecule has 1 aromatic heterocycles. The Balaban J connectivity index is 1.24. The summed E-state index contributed by atoms with van der Waals surface area (Å²) in [5.41, 5.74) is 0.394. The van der Waals surface area contributed by atoms with Crippen LogP contribution in [0.25, 0.3) is 10.2 Å². The van der Waals surface area contributed by atoms with Crippen molar-refractivity contribution in [1.82, 2.24) is 19.7 Å². The highest BCUT2D eigenvalue weighted by molar-refractivity contribution is 7.99. The molecule has 9 nitrogen and oxygen atoms in total. The first-order valence-corrected chi connectivity index (χ1v) is 15.5. The third-order valence-electron chi connectivity index (χ3n) is 7.08. The van der Waals surface area contributed by atoms with Crippen molar-refractivity contribution < 1.29 is 19.1 Å². The van der Waals surface area contributed by atoms with Gasteiger partial charge in [-0.05, 0) is 59.2 Å². The fourth-order valence-corrected chi connectivity index (χ4v) is 7.29. The number of ether oxygens (including phenoxy) is 2. The molecule has 11 heteroatoms. The van der Waals surface area contributed by atoms with Gasteiger partial charge in [0.15, 0.2) is 5.13 Å². The SMILES string of the molecule is CC(C)Oc1ccc2nc(N3CCN([C@H]4C[C@@H](C(=O)N5CCSC5)N(C(=O)OC(C)(C)C)C4)CC3)sc2c1. The summed E-state index contributed by atoms with van der Waals surface area (Å²) in [6, 6.07) is 5.77. The maximum absolute atomic E-state index is 13.4. The Bertz CT molecular complexity index is 1150. The number of anilines is 1. The van der Waals surface area contributed by atoms with Crippen LogP contribution in [-0.2, 0) is 9.53 Å². The lowest BCUT2D eigenvalue weighted by Crippen LogP contribution is -2.51. The van der Waals surface area contributed by atoms with Gasteiger partial charge in [-0.3, -0.25) is 14.6 Å². The zero-order valence-electron chi connectivity index (χ0n) is 23.0. The first-order valence-electron chi connectivity index (χ1n) is 13.5. The van der Waals surface area contributed by atoms with E-state index in [1.807, 2.05) is 51.7 Å². The minimum atomic E-state index is -0.600. The number of benzene rings is 1. The molecule has 0 radical (unpaired) electrons. The summed E-state index contributed by atoms with van der Waals surface area (Å²) >= 11 is 3.46. The number of carbonyl (C=O) groups excluding carboxylic acids is 2. The quantitative estimate of drug-likeness (QED) is 0.540.